The second kappa shape index (κ2) is 8.25. The molecule has 122 valence electrons. The molecule has 4 nitrogen and oxygen atoms in total. The Bertz CT molecular complexity index is 629. The van der Waals surface area contributed by atoms with Crippen LogP contribution in [0.5, 0.6) is 17.2 Å². The molecular weight excluding hydrogens is 292 g/mol. The minimum atomic E-state index is -0.622. The van der Waals surface area contributed by atoms with Gasteiger partial charge in [0.1, 0.15) is 23.9 Å². The van der Waals surface area contributed by atoms with Gasteiger partial charge in [0.15, 0.2) is 0 Å². The number of hydrogen-bond donors (Lipinski definition) is 1. The molecule has 4 heteroatoms. The molecule has 23 heavy (non-hydrogen) atoms. The molecule has 0 aliphatic carbocycles. The molecule has 0 amide bonds. The summed E-state index contributed by atoms with van der Waals surface area (Å²) in [5.41, 5.74) is 1.68. The van der Waals surface area contributed by atoms with Crippen molar-refractivity contribution in [3.05, 3.63) is 66.2 Å². The van der Waals surface area contributed by atoms with E-state index in [2.05, 4.69) is 6.58 Å². The fourth-order valence-electron chi connectivity index (χ4n) is 2.28. The maximum absolute atomic E-state index is 10.2. The van der Waals surface area contributed by atoms with Crippen molar-refractivity contribution in [1.82, 2.24) is 0 Å². The number of aliphatic hydroxyl groups is 1. The Balaban J connectivity index is 2.16. The molecule has 0 aromatic heterocycles. The summed E-state index contributed by atoms with van der Waals surface area (Å²) in [6, 6.07) is 13.1. The highest BCUT2D eigenvalue weighted by molar-refractivity contribution is 5.39. The van der Waals surface area contributed by atoms with Crippen molar-refractivity contribution in [2.24, 2.45) is 0 Å². The summed E-state index contributed by atoms with van der Waals surface area (Å²) in [4.78, 5) is 0. The summed E-state index contributed by atoms with van der Waals surface area (Å²) < 4.78 is 16.4. The Kier molecular flexibility index (Phi) is 6.06. The number of para-hydroxylation sites is 1. The first-order chi connectivity index (χ1) is 11.2. The molecule has 1 N–H and O–H groups in total. The second-order valence-electron chi connectivity index (χ2n) is 5.09. The van der Waals surface area contributed by atoms with Crippen LogP contribution in [-0.4, -0.2) is 19.3 Å². The average molecular weight is 314 g/mol. The molecule has 2 rings (SSSR count). The summed E-state index contributed by atoms with van der Waals surface area (Å²) >= 11 is 0. The topological polar surface area (TPSA) is 47.9 Å². The Morgan fingerprint density at radius 3 is 2.35 bits per heavy atom. The molecule has 2 aromatic rings. The predicted octanol–water partition coefficient (Wildman–Crippen LogP) is 3.89. The SMILES string of the molecule is C=CCC(O)c1ccccc1OCc1cc(OC)cc(OC)c1. The lowest BCUT2D eigenvalue weighted by Gasteiger charge is -2.15. The van der Waals surface area contributed by atoms with E-state index < -0.39 is 6.10 Å². The van der Waals surface area contributed by atoms with Gasteiger partial charge in [-0.05, 0) is 30.2 Å². The van der Waals surface area contributed by atoms with E-state index in [4.69, 9.17) is 14.2 Å². The first-order valence-electron chi connectivity index (χ1n) is 7.40. The minimum Gasteiger partial charge on any atom is -0.497 e. The van der Waals surface area contributed by atoms with Gasteiger partial charge in [-0.2, -0.15) is 0 Å². The van der Waals surface area contributed by atoms with Crippen molar-refractivity contribution >= 4 is 0 Å². The van der Waals surface area contributed by atoms with Crippen LogP contribution in [0.3, 0.4) is 0 Å². The van der Waals surface area contributed by atoms with Crippen molar-refractivity contribution in [3.8, 4) is 17.2 Å². The van der Waals surface area contributed by atoms with Gasteiger partial charge in [-0.3, -0.25) is 0 Å². The van der Waals surface area contributed by atoms with Gasteiger partial charge in [0.2, 0.25) is 0 Å². The summed E-state index contributed by atoms with van der Waals surface area (Å²) in [6.45, 7) is 4.01. The van der Waals surface area contributed by atoms with Crippen LogP contribution in [0, 0.1) is 0 Å². The average Bonchev–Trinajstić information content (AvgIpc) is 2.60. The molecular formula is C19H22O4. The number of benzene rings is 2. The zero-order valence-corrected chi connectivity index (χ0v) is 13.5. The molecule has 2 aromatic carbocycles. The smallest absolute Gasteiger partial charge is 0.125 e. The van der Waals surface area contributed by atoms with E-state index in [1.54, 1.807) is 20.3 Å². The third-order valence-corrected chi connectivity index (χ3v) is 3.47. The van der Waals surface area contributed by atoms with Gasteiger partial charge in [0.25, 0.3) is 0 Å². The second-order valence-corrected chi connectivity index (χ2v) is 5.09. The summed E-state index contributed by atoms with van der Waals surface area (Å²) in [5.74, 6) is 2.08. The van der Waals surface area contributed by atoms with Crippen molar-refractivity contribution < 1.29 is 19.3 Å². The molecule has 0 aliphatic rings. The molecule has 0 fully saturated rings. The number of ether oxygens (including phenoxy) is 3. The predicted molar refractivity (Wildman–Crippen MR) is 90.1 cm³/mol. The number of methoxy groups -OCH3 is 2. The van der Waals surface area contributed by atoms with E-state index in [1.165, 1.54) is 0 Å². The third kappa shape index (κ3) is 4.50. The fourth-order valence-corrected chi connectivity index (χ4v) is 2.28. The van der Waals surface area contributed by atoms with Gasteiger partial charge >= 0.3 is 0 Å². The maximum Gasteiger partial charge on any atom is 0.125 e. The van der Waals surface area contributed by atoms with Gasteiger partial charge in [-0.1, -0.05) is 24.3 Å². The summed E-state index contributed by atoms with van der Waals surface area (Å²) in [7, 11) is 3.22. The number of hydrogen-bond acceptors (Lipinski definition) is 4. The quantitative estimate of drug-likeness (QED) is 0.751. The lowest BCUT2D eigenvalue weighted by Crippen LogP contribution is -2.03. The van der Waals surface area contributed by atoms with Crippen LogP contribution in [0.25, 0.3) is 0 Å². The van der Waals surface area contributed by atoms with Crippen molar-refractivity contribution in [3.63, 3.8) is 0 Å². The number of rotatable bonds is 8. The highest BCUT2D eigenvalue weighted by Crippen LogP contribution is 2.29. The van der Waals surface area contributed by atoms with E-state index in [0.29, 0.717) is 30.3 Å². The fraction of sp³-hybridized carbons (Fsp3) is 0.263. The van der Waals surface area contributed by atoms with Gasteiger partial charge in [-0.25, -0.2) is 0 Å². The Hall–Kier alpha value is -2.46. The zero-order valence-electron chi connectivity index (χ0n) is 13.5. The highest BCUT2D eigenvalue weighted by atomic mass is 16.5. The van der Waals surface area contributed by atoms with Crippen LogP contribution in [-0.2, 0) is 6.61 Å². The molecule has 1 atom stereocenters. The van der Waals surface area contributed by atoms with E-state index in [-0.39, 0.29) is 0 Å². The number of aliphatic hydroxyl groups excluding tert-OH is 1. The zero-order chi connectivity index (χ0) is 16.7. The molecule has 0 saturated heterocycles. The highest BCUT2D eigenvalue weighted by Gasteiger charge is 2.12. The molecule has 0 radical (unpaired) electrons. The van der Waals surface area contributed by atoms with Crippen LogP contribution in [0.1, 0.15) is 23.7 Å². The Morgan fingerprint density at radius 2 is 1.74 bits per heavy atom. The lowest BCUT2D eigenvalue weighted by atomic mass is 10.1. The first-order valence-corrected chi connectivity index (χ1v) is 7.40. The van der Waals surface area contributed by atoms with Crippen LogP contribution < -0.4 is 14.2 Å². The maximum atomic E-state index is 10.2. The molecule has 0 saturated carbocycles. The largest absolute Gasteiger partial charge is 0.497 e. The standard InChI is InChI=1S/C19H22O4/c1-4-7-18(20)17-8-5-6-9-19(17)23-13-14-10-15(21-2)12-16(11-14)22-3/h4-6,8-12,18,20H,1,7,13H2,2-3H3. The van der Waals surface area contributed by atoms with Gasteiger partial charge in [0.05, 0.1) is 20.3 Å². The van der Waals surface area contributed by atoms with E-state index in [0.717, 1.165) is 11.1 Å². The lowest BCUT2D eigenvalue weighted by molar-refractivity contribution is 0.173. The van der Waals surface area contributed by atoms with Crippen molar-refractivity contribution in [2.75, 3.05) is 14.2 Å². The van der Waals surface area contributed by atoms with Crippen LogP contribution >= 0.6 is 0 Å². The minimum absolute atomic E-state index is 0.353. The monoisotopic (exact) mass is 314 g/mol. The third-order valence-electron chi connectivity index (χ3n) is 3.47. The van der Waals surface area contributed by atoms with Crippen LogP contribution in [0.15, 0.2) is 55.1 Å². The van der Waals surface area contributed by atoms with Crippen molar-refractivity contribution in [1.29, 1.82) is 0 Å². The van der Waals surface area contributed by atoms with Gasteiger partial charge < -0.3 is 19.3 Å². The van der Waals surface area contributed by atoms with E-state index in [1.807, 2.05) is 42.5 Å². The Labute approximate surface area is 136 Å². The molecule has 0 bridgehead atoms. The van der Waals surface area contributed by atoms with E-state index in [9.17, 15) is 5.11 Å². The normalized spacial score (nSPS) is 11.6. The molecule has 1 unspecified atom stereocenters. The van der Waals surface area contributed by atoms with Crippen LogP contribution in [0.4, 0.5) is 0 Å². The summed E-state index contributed by atoms with van der Waals surface area (Å²) in [5, 5.41) is 10.2. The van der Waals surface area contributed by atoms with Crippen LogP contribution in [0.2, 0.25) is 0 Å². The van der Waals surface area contributed by atoms with E-state index >= 15 is 0 Å². The molecule has 0 heterocycles. The van der Waals surface area contributed by atoms with Gasteiger partial charge in [-0.15, -0.1) is 6.58 Å². The molecule has 0 aliphatic heterocycles. The van der Waals surface area contributed by atoms with Crippen molar-refractivity contribution in [2.45, 2.75) is 19.1 Å². The summed E-state index contributed by atoms with van der Waals surface area (Å²) in [6.07, 6.45) is 1.55. The van der Waals surface area contributed by atoms with Gasteiger partial charge in [0, 0.05) is 11.6 Å². The first kappa shape index (κ1) is 16.9. The Morgan fingerprint density at radius 1 is 1.09 bits per heavy atom. The molecule has 0 spiro atoms.